The van der Waals surface area contributed by atoms with Crippen molar-refractivity contribution < 1.29 is 9.53 Å². The molecule has 3 heteroatoms. The van der Waals surface area contributed by atoms with Gasteiger partial charge in [0.15, 0.2) is 4.90 Å². The van der Waals surface area contributed by atoms with Crippen molar-refractivity contribution in [1.82, 2.24) is 0 Å². The maximum Gasteiger partial charge on any atom is 0.343 e. The number of carbonyl (C=O) groups excluding carboxylic acids is 1. The van der Waals surface area contributed by atoms with E-state index in [0.29, 0.717) is 11.3 Å². The highest BCUT2D eigenvalue weighted by Crippen LogP contribution is 2.21. The lowest BCUT2D eigenvalue weighted by atomic mass is 10.2. The highest BCUT2D eigenvalue weighted by molar-refractivity contribution is 7.95. The van der Waals surface area contributed by atoms with E-state index in [1.807, 2.05) is 48.5 Å². The maximum atomic E-state index is 12.1. The maximum absolute atomic E-state index is 12.1. The fraction of sp³-hybridized carbons (Fsp3) is 0.0952. The number of rotatable bonds is 5. The van der Waals surface area contributed by atoms with Crippen LogP contribution in [0.15, 0.2) is 89.8 Å². The van der Waals surface area contributed by atoms with Crippen molar-refractivity contribution in [2.24, 2.45) is 0 Å². The van der Waals surface area contributed by atoms with Gasteiger partial charge in [-0.3, -0.25) is 0 Å². The second-order valence-corrected chi connectivity index (χ2v) is 7.53. The fourth-order valence-corrected chi connectivity index (χ4v) is 3.85. The smallest absolute Gasteiger partial charge is 0.343 e. The van der Waals surface area contributed by atoms with E-state index in [4.69, 9.17) is 4.74 Å². The molecule has 0 aliphatic rings. The summed E-state index contributed by atoms with van der Waals surface area (Å²) in [5, 5.41) is 0. The second kappa shape index (κ2) is 7.84. The summed E-state index contributed by atoms with van der Waals surface area (Å²) in [4.78, 5) is 13.3. The standard InChI is InChI=1S/C21H19O2S/c1-24(16-17-8-4-2-5-9-17)20-14-12-19(13-15-20)23-21(22)18-10-6-3-7-11-18/h2-15H,16H2,1H3/q+1. The molecule has 120 valence electrons. The van der Waals surface area contributed by atoms with Gasteiger partial charge in [-0.05, 0) is 36.4 Å². The van der Waals surface area contributed by atoms with Crippen molar-refractivity contribution in [3.63, 3.8) is 0 Å². The molecule has 0 aliphatic carbocycles. The van der Waals surface area contributed by atoms with Crippen LogP contribution >= 0.6 is 0 Å². The van der Waals surface area contributed by atoms with Crippen LogP contribution in [0.25, 0.3) is 0 Å². The summed E-state index contributed by atoms with van der Waals surface area (Å²) < 4.78 is 5.42. The summed E-state index contributed by atoms with van der Waals surface area (Å²) in [6, 6.07) is 27.3. The van der Waals surface area contributed by atoms with E-state index in [0.717, 1.165) is 5.75 Å². The lowest BCUT2D eigenvalue weighted by Crippen LogP contribution is -2.08. The van der Waals surface area contributed by atoms with Crippen molar-refractivity contribution in [3.05, 3.63) is 96.1 Å². The Balaban J connectivity index is 1.64. The van der Waals surface area contributed by atoms with Gasteiger partial charge in [-0.15, -0.1) is 0 Å². The van der Waals surface area contributed by atoms with Crippen molar-refractivity contribution in [3.8, 4) is 5.75 Å². The molecule has 0 aromatic heterocycles. The molecule has 0 aliphatic heterocycles. The van der Waals surface area contributed by atoms with Crippen LogP contribution in [-0.4, -0.2) is 12.2 Å². The van der Waals surface area contributed by atoms with Crippen LogP contribution < -0.4 is 4.74 Å². The SMILES string of the molecule is C[S+](Cc1ccccc1)c1ccc(OC(=O)c2ccccc2)cc1. The number of esters is 1. The van der Waals surface area contributed by atoms with E-state index in [9.17, 15) is 4.79 Å². The Hall–Kier alpha value is -2.52. The topological polar surface area (TPSA) is 26.3 Å². The Morgan fingerprint density at radius 1 is 0.833 bits per heavy atom. The van der Waals surface area contributed by atoms with Gasteiger partial charge in [0.1, 0.15) is 17.8 Å². The third kappa shape index (κ3) is 4.27. The molecule has 0 bridgehead atoms. The minimum atomic E-state index is -0.330. The molecule has 1 atom stereocenters. The minimum absolute atomic E-state index is 0.118. The van der Waals surface area contributed by atoms with Gasteiger partial charge in [-0.25, -0.2) is 4.79 Å². The molecule has 3 aromatic carbocycles. The quantitative estimate of drug-likeness (QED) is 0.383. The Morgan fingerprint density at radius 3 is 2.04 bits per heavy atom. The number of hydrogen-bond donors (Lipinski definition) is 0. The van der Waals surface area contributed by atoms with Gasteiger partial charge >= 0.3 is 5.97 Å². The van der Waals surface area contributed by atoms with Gasteiger partial charge in [-0.1, -0.05) is 48.5 Å². The molecule has 0 saturated heterocycles. The number of carbonyl (C=O) groups is 1. The first-order chi connectivity index (χ1) is 11.7. The molecule has 24 heavy (non-hydrogen) atoms. The average Bonchev–Trinajstić information content (AvgIpc) is 2.64. The largest absolute Gasteiger partial charge is 0.423 e. The molecule has 0 saturated carbocycles. The second-order valence-electron chi connectivity index (χ2n) is 5.49. The van der Waals surface area contributed by atoms with E-state index >= 15 is 0 Å². The van der Waals surface area contributed by atoms with Crippen LogP contribution in [0.3, 0.4) is 0 Å². The lowest BCUT2D eigenvalue weighted by Gasteiger charge is -2.06. The highest BCUT2D eigenvalue weighted by Gasteiger charge is 2.16. The number of benzene rings is 3. The Bertz CT molecular complexity index is 783. The predicted molar refractivity (Wildman–Crippen MR) is 99.5 cm³/mol. The Kier molecular flexibility index (Phi) is 5.34. The van der Waals surface area contributed by atoms with E-state index in [-0.39, 0.29) is 16.9 Å². The molecule has 3 aromatic rings. The summed E-state index contributed by atoms with van der Waals surface area (Å²) in [5.41, 5.74) is 1.89. The van der Waals surface area contributed by atoms with Crippen molar-refractivity contribution in [2.45, 2.75) is 10.6 Å². The van der Waals surface area contributed by atoms with Crippen LogP contribution in [0.5, 0.6) is 5.75 Å². The molecule has 2 nitrogen and oxygen atoms in total. The van der Waals surface area contributed by atoms with Crippen molar-refractivity contribution in [2.75, 3.05) is 6.26 Å². The van der Waals surface area contributed by atoms with Gasteiger partial charge in [0.25, 0.3) is 0 Å². The summed E-state index contributed by atoms with van der Waals surface area (Å²) in [6.45, 7) is 0. The molecule has 0 N–H and O–H groups in total. The molecular weight excluding hydrogens is 316 g/mol. The Morgan fingerprint density at radius 2 is 1.42 bits per heavy atom. The van der Waals surface area contributed by atoms with E-state index in [2.05, 4.69) is 30.5 Å². The molecule has 0 spiro atoms. The zero-order valence-corrected chi connectivity index (χ0v) is 14.3. The van der Waals surface area contributed by atoms with E-state index < -0.39 is 0 Å². The van der Waals surface area contributed by atoms with Gasteiger partial charge in [0, 0.05) is 16.5 Å². The van der Waals surface area contributed by atoms with Gasteiger partial charge in [0.05, 0.1) is 5.56 Å². The molecule has 0 amide bonds. The zero-order chi connectivity index (χ0) is 16.8. The summed E-state index contributed by atoms with van der Waals surface area (Å²) >= 11 is 0. The highest BCUT2D eigenvalue weighted by atomic mass is 32.2. The Labute approximate surface area is 145 Å². The first-order valence-electron chi connectivity index (χ1n) is 7.76. The van der Waals surface area contributed by atoms with Crippen LogP contribution in [0.2, 0.25) is 0 Å². The molecule has 0 fully saturated rings. The first-order valence-corrected chi connectivity index (χ1v) is 9.56. The molecule has 1 unspecified atom stereocenters. The van der Waals surface area contributed by atoms with E-state index in [1.165, 1.54) is 10.5 Å². The first kappa shape index (κ1) is 16.3. The molecule has 0 radical (unpaired) electrons. The van der Waals surface area contributed by atoms with Gasteiger partial charge < -0.3 is 4.74 Å². The third-order valence-corrected chi connectivity index (χ3v) is 5.52. The number of ether oxygens (including phenoxy) is 1. The zero-order valence-electron chi connectivity index (χ0n) is 13.5. The minimum Gasteiger partial charge on any atom is -0.423 e. The average molecular weight is 335 g/mol. The summed E-state index contributed by atoms with van der Waals surface area (Å²) in [5.74, 6) is 1.26. The lowest BCUT2D eigenvalue weighted by molar-refractivity contribution is 0.0734. The summed E-state index contributed by atoms with van der Waals surface area (Å²) in [7, 11) is 0.118. The third-order valence-electron chi connectivity index (χ3n) is 3.67. The van der Waals surface area contributed by atoms with Crippen molar-refractivity contribution in [1.29, 1.82) is 0 Å². The fourth-order valence-electron chi connectivity index (χ4n) is 2.39. The predicted octanol–water partition coefficient (Wildman–Crippen LogP) is 4.71. The van der Waals surface area contributed by atoms with Crippen LogP contribution in [0, 0.1) is 0 Å². The molecule has 3 rings (SSSR count). The van der Waals surface area contributed by atoms with Gasteiger partial charge in [0.2, 0.25) is 0 Å². The van der Waals surface area contributed by atoms with E-state index in [1.54, 1.807) is 12.1 Å². The van der Waals surface area contributed by atoms with Crippen molar-refractivity contribution >= 4 is 16.9 Å². The van der Waals surface area contributed by atoms with Gasteiger partial charge in [-0.2, -0.15) is 0 Å². The number of hydrogen-bond acceptors (Lipinski definition) is 2. The van der Waals surface area contributed by atoms with Crippen LogP contribution in [0.4, 0.5) is 0 Å². The van der Waals surface area contributed by atoms with Crippen LogP contribution in [0.1, 0.15) is 15.9 Å². The molecule has 0 heterocycles. The normalized spacial score (nSPS) is 11.7. The van der Waals surface area contributed by atoms with Crippen LogP contribution in [-0.2, 0) is 16.6 Å². The monoisotopic (exact) mass is 335 g/mol. The molecular formula is C21H19O2S+. The summed E-state index contributed by atoms with van der Waals surface area (Å²) in [6.07, 6.45) is 2.23.